The first kappa shape index (κ1) is 11.9. The number of hydrogen-bond acceptors (Lipinski definition) is 4. The lowest BCUT2D eigenvalue weighted by atomic mass is 10.2. The summed E-state index contributed by atoms with van der Waals surface area (Å²) in [6.45, 7) is 4.51. The summed E-state index contributed by atoms with van der Waals surface area (Å²) >= 11 is 0. The van der Waals surface area contributed by atoms with Gasteiger partial charge in [-0.05, 0) is 25.5 Å². The number of anilines is 1. The Hall–Kier alpha value is -1.62. The molecule has 0 aromatic carbocycles. The van der Waals surface area contributed by atoms with Crippen molar-refractivity contribution in [1.82, 2.24) is 4.98 Å². The van der Waals surface area contributed by atoms with Gasteiger partial charge in [0, 0.05) is 25.9 Å². The molecule has 1 unspecified atom stereocenters. The van der Waals surface area contributed by atoms with E-state index in [4.69, 9.17) is 15.9 Å². The molecule has 1 aliphatic heterocycles. The summed E-state index contributed by atoms with van der Waals surface area (Å²) in [7, 11) is 0. The molecule has 92 valence electrons. The Kier molecular flexibility index (Phi) is 3.58. The van der Waals surface area contributed by atoms with Crippen LogP contribution in [-0.4, -0.2) is 36.6 Å². The number of nitrogen functional groups attached to an aromatic ring is 1. The topological polar surface area (TPSA) is 75.2 Å². The Morgan fingerprint density at radius 2 is 2.47 bits per heavy atom. The highest BCUT2D eigenvalue weighted by Gasteiger charge is 2.19. The first-order valence-electron chi connectivity index (χ1n) is 5.84. The average Bonchev–Trinajstić information content (AvgIpc) is 2.54. The lowest BCUT2D eigenvalue weighted by molar-refractivity contribution is 0.0820. The number of hydrogen-bond donors (Lipinski definition) is 2. The van der Waals surface area contributed by atoms with Crippen LogP contribution >= 0.6 is 0 Å². The van der Waals surface area contributed by atoms with Gasteiger partial charge in [-0.2, -0.15) is 0 Å². The summed E-state index contributed by atoms with van der Waals surface area (Å²) < 4.78 is 5.60. The molecule has 17 heavy (non-hydrogen) atoms. The number of amidine groups is 1. The van der Waals surface area contributed by atoms with Crippen LogP contribution in [0.25, 0.3) is 0 Å². The lowest BCUT2D eigenvalue weighted by Crippen LogP contribution is -2.32. The van der Waals surface area contributed by atoms with Gasteiger partial charge in [-0.1, -0.05) is 0 Å². The van der Waals surface area contributed by atoms with Gasteiger partial charge in [0.05, 0.1) is 11.7 Å². The lowest BCUT2D eigenvalue weighted by Gasteiger charge is -2.25. The fraction of sp³-hybridized carbons (Fsp3) is 0.500. The number of nitrogens with zero attached hydrogens (tertiary/aromatic N) is 2. The first-order chi connectivity index (χ1) is 8.18. The van der Waals surface area contributed by atoms with E-state index in [1.54, 1.807) is 12.3 Å². The Morgan fingerprint density at radius 3 is 3.24 bits per heavy atom. The predicted octanol–water partition coefficient (Wildman–Crippen LogP) is 0.981. The normalized spacial score (nSPS) is 21.0. The summed E-state index contributed by atoms with van der Waals surface area (Å²) in [5, 5.41) is 7.58. The van der Waals surface area contributed by atoms with Crippen LogP contribution in [0.1, 0.15) is 18.9 Å². The van der Waals surface area contributed by atoms with Crippen molar-refractivity contribution in [2.45, 2.75) is 19.4 Å². The molecule has 2 rings (SSSR count). The van der Waals surface area contributed by atoms with Gasteiger partial charge in [0.15, 0.2) is 0 Å². The van der Waals surface area contributed by atoms with Gasteiger partial charge >= 0.3 is 0 Å². The summed E-state index contributed by atoms with van der Waals surface area (Å²) in [5.74, 6) is 0.850. The molecule has 2 heterocycles. The van der Waals surface area contributed by atoms with Crippen molar-refractivity contribution in [3.05, 3.63) is 23.9 Å². The number of nitrogens with two attached hydrogens (primary N) is 1. The van der Waals surface area contributed by atoms with E-state index < -0.39 is 0 Å². The molecule has 1 aromatic heterocycles. The minimum Gasteiger partial charge on any atom is -0.384 e. The largest absolute Gasteiger partial charge is 0.384 e. The molecule has 0 bridgehead atoms. The molecule has 0 aliphatic carbocycles. The van der Waals surface area contributed by atoms with E-state index >= 15 is 0 Å². The van der Waals surface area contributed by atoms with E-state index in [0.29, 0.717) is 5.56 Å². The highest BCUT2D eigenvalue weighted by atomic mass is 16.5. The molecule has 0 spiro atoms. The molecule has 0 radical (unpaired) electrons. The minimum atomic E-state index is 0.0610. The maximum absolute atomic E-state index is 7.58. The fourth-order valence-electron chi connectivity index (χ4n) is 2.05. The molecule has 1 fully saturated rings. The number of ether oxygens (including phenoxy) is 1. The van der Waals surface area contributed by atoms with Gasteiger partial charge in [0.1, 0.15) is 11.7 Å². The van der Waals surface area contributed by atoms with Crippen LogP contribution in [0.15, 0.2) is 18.3 Å². The van der Waals surface area contributed by atoms with Crippen molar-refractivity contribution in [1.29, 1.82) is 5.41 Å². The van der Waals surface area contributed by atoms with Crippen molar-refractivity contribution in [2.75, 3.05) is 24.6 Å². The third kappa shape index (κ3) is 2.74. The van der Waals surface area contributed by atoms with E-state index in [-0.39, 0.29) is 11.9 Å². The number of rotatable bonds is 2. The van der Waals surface area contributed by atoms with Crippen molar-refractivity contribution < 1.29 is 4.74 Å². The quantitative estimate of drug-likeness (QED) is 0.591. The Labute approximate surface area is 101 Å². The standard InChI is InChI=1S/C12H18N4O/c1-9-8-16(6-3-7-17-9)12-10(11(13)14)4-2-5-15-12/h2,4-5,9H,3,6-8H2,1H3,(H3,13,14). The molecule has 1 aromatic rings. The zero-order valence-corrected chi connectivity index (χ0v) is 10.0. The van der Waals surface area contributed by atoms with E-state index in [1.807, 2.05) is 6.07 Å². The van der Waals surface area contributed by atoms with Crippen molar-refractivity contribution >= 4 is 11.7 Å². The molecular weight excluding hydrogens is 216 g/mol. The molecule has 0 amide bonds. The molecule has 3 N–H and O–H groups in total. The highest BCUT2D eigenvalue weighted by Crippen LogP contribution is 2.19. The van der Waals surface area contributed by atoms with Crippen LogP contribution in [0, 0.1) is 5.41 Å². The summed E-state index contributed by atoms with van der Waals surface area (Å²) in [6, 6.07) is 3.64. The maximum atomic E-state index is 7.58. The number of aromatic nitrogens is 1. The van der Waals surface area contributed by atoms with Crippen molar-refractivity contribution in [3.63, 3.8) is 0 Å². The molecule has 5 heteroatoms. The Bertz CT molecular complexity index is 407. The van der Waals surface area contributed by atoms with Crippen LogP contribution in [0.5, 0.6) is 0 Å². The molecule has 5 nitrogen and oxygen atoms in total. The zero-order valence-electron chi connectivity index (χ0n) is 10.0. The summed E-state index contributed by atoms with van der Waals surface area (Å²) in [6.07, 6.45) is 2.88. The van der Waals surface area contributed by atoms with Crippen LogP contribution in [-0.2, 0) is 4.74 Å². The van der Waals surface area contributed by atoms with E-state index in [1.165, 1.54) is 0 Å². The second kappa shape index (κ2) is 5.14. The summed E-state index contributed by atoms with van der Waals surface area (Å²) in [5.41, 5.74) is 6.28. The fourth-order valence-corrected chi connectivity index (χ4v) is 2.05. The van der Waals surface area contributed by atoms with E-state index in [2.05, 4.69) is 16.8 Å². The van der Waals surface area contributed by atoms with Gasteiger partial charge in [-0.3, -0.25) is 5.41 Å². The zero-order chi connectivity index (χ0) is 12.3. The van der Waals surface area contributed by atoms with Gasteiger partial charge < -0.3 is 15.4 Å². The SMILES string of the molecule is CC1CN(c2ncccc2C(=N)N)CCCO1. The van der Waals surface area contributed by atoms with Crippen LogP contribution in [0.3, 0.4) is 0 Å². The van der Waals surface area contributed by atoms with Crippen LogP contribution < -0.4 is 10.6 Å². The third-order valence-corrected chi connectivity index (χ3v) is 2.83. The Balaban J connectivity index is 2.28. The predicted molar refractivity (Wildman–Crippen MR) is 67.5 cm³/mol. The Morgan fingerprint density at radius 1 is 1.65 bits per heavy atom. The molecule has 1 atom stereocenters. The van der Waals surface area contributed by atoms with E-state index in [9.17, 15) is 0 Å². The van der Waals surface area contributed by atoms with Gasteiger partial charge in [0.25, 0.3) is 0 Å². The van der Waals surface area contributed by atoms with Crippen LogP contribution in [0.2, 0.25) is 0 Å². The van der Waals surface area contributed by atoms with E-state index in [0.717, 1.165) is 31.9 Å². The molecule has 1 saturated heterocycles. The van der Waals surface area contributed by atoms with Crippen molar-refractivity contribution in [3.8, 4) is 0 Å². The third-order valence-electron chi connectivity index (χ3n) is 2.83. The van der Waals surface area contributed by atoms with Crippen molar-refractivity contribution in [2.24, 2.45) is 5.73 Å². The highest BCUT2D eigenvalue weighted by molar-refractivity contribution is 5.99. The first-order valence-corrected chi connectivity index (χ1v) is 5.84. The number of nitrogens with one attached hydrogen (secondary N) is 1. The molecular formula is C12H18N4O. The van der Waals surface area contributed by atoms with Gasteiger partial charge in [-0.25, -0.2) is 4.98 Å². The maximum Gasteiger partial charge on any atom is 0.139 e. The van der Waals surface area contributed by atoms with Crippen LogP contribution in [0.4, 0.5) is 5.82 Å². The molecule has 0 saturated carbocycles. The van der Waals surface area contributed by atoms with Gasteiger partial charge in [0.2, 0.25) is 0 Å². The minimum absolute atomic E-state index is 0.0610. The smallest absolute Gasteiger partial charge is 0.139 e. The molecule has 1 aliphatic rings. The monoisotopic (exact) mass is 234 g/mol. The number of pyridine rings is 1. The second-order valence-electron chi connectivity index (χ2n) is 4.27. The van der Waals surface area contributed by atoms with Gasteiger partial charge in [-0.15, -0.1) is 0 Å². The second-order valence-corrected chi connectivity index (χ2v) is 4.27. The average molecular weight is 234 g/mol. The summed E-state index contributed by atoms with van der Waals surface area (Å²) in [4.78, 5) is 6.50.